The van der Waals surface area contributed by atoms with Gasteiger partial charge in [-0.3, -0.25) is 4.79 Å². The van der Waals surface area contributed by atoms with Gasteiger partial charge in [0.15, 0.2) is 0 Å². The summed E-state index contributed by atoms with van der Waals surface area (Å²) in [7, 11) is -0.742. The second-order valence-electron chi connectivity index (χ2n) is 7.63. The summed E-state index contributed by atoms with van der Waals surface area (Å²) >= 11 is 0. The maximum atomic E-state index is 14.4. The van der Waals surface area contributed by atoms with Gasteiger partial charge in [-0.25, -0.2) is 4.39 Å². The SMILES string of the molecule is CC1CC1C(=O)Nc1ccc(B2OC(C)(C)C(C)(C)O2)c(F)c1. The molecule has 6 heteroatoms. The minimum absolute atomic E-state index is 0.0414. The van der Waals surface area contributed by atoms with Crippen LogP contribution in [0.15, 0.2) is 18.2 Å². The third-order valence-electron chi connectivity index (χ3n) is 5.22. The van der Waals surface area contributed by atoms with E-state index >= 15 is 0 Å². The fourth-order valence-electron chi connectivity index (χ4n) is 2.69. The van der Waals surface area contributed by atoms with Crippen LogP contribution < -0.4 is 10.8 Å². The fourth-order valence-corrected chi connectivity index (χ4v) is 2.69. The first-order chi connectivity index (χ1) is 10.6. The van der Waals surface area contributed by atoms with Crippen LogP contribution in [0, 0.1) is 17.7 Å². The van der Waals surface area contributed by atoms with Crippen molar-refractivity contribution in [3.8, 4) is 0 Å². The van der Waals surface area contributed by atoms with E-state index in [9.17, 15) is 9.18 Å². The minimum atomic E-state index is -0.742. The minimum Gasteiger partial charge on any atom is -0.399 e. The molecule has 1 amide bonds. The summed E-state index contributed by atoms with van der Waals surface area (Å²) in [6.45, 7) is 9.74. The summed E-state index contributed by atoms with van der Waals surface area (Å²) in [5.41, 5.74) is -0.216. The third-order valence-corrected chi connectivity index (χ3v) is 5.22. The van der Waals surface area contributed by atoms with Crippen molar-refractivity contribution < 1.29 is 18.5 Å². The number of amides is 1. The number of benzene rings is 1. The molecule has 0 spiro atoms. The van der Waals surface area contributed by atoms with Crippen molar-refractivity contribution in [3.05, 3.63) is 24.0 Å². The van der Waals surface area contributed by atoms with E-state index in [0.29, 0.717) is 17.1 Å². The largest absolute Gasteiger partial charge is 0.497 e. The van der Waals surface area contributed by atoms with Crippen molar-refractivity contribution in [2.45, 2.75) is 52.2 Å². The molecule has 1 saturated carbocycles. The quantitative estimate of drug-likeness (QED) is 0.872. The zero-order valence-electron chi connectivity index (χ0n) is 14.3. The van der Waals surface area contributed by atoms with Gasteiger partial charge in [-0.1, -0.05) is 13.0 Å². The normalized spacial score (nSPS) is 27.8. The summed E-state index contributed by atoms with van der Waals surface area (Å²) < 4.78 is 26.2. The highest BCUT2D eigenvalue weighted by Gasteiger charge is 2.52. The van der Waals surface area contributed by atoms with E-state index in [1.54, 1.807) is 12.1 Å². The number of carbonyl (C=O) groups is 1. The Kier molecular flexibility index (Phi) is 3.80. The molecule has 1 saturated heterocycles. The smallest absolute Gasteiger partial charge is 0.399 e. The lowest BCUT2D eigenvalue weighted by molar-refractivity contribution is -0.117. The van der Waals surface area contributed by atoms with Crippen molar-refractivity contribution >= 4 is 24.2 Å². The Hall–Kier alpha value is -1.40. The maximum absolute atomic E-state index is 14.4. The van der Waals surface area contributed by atoms with Crippen LogP contribution in [0.25, 0.3) is 0 Å². The molecule has 0 bridgehead atoms. The molecule has 0 radical (unpaired) electrons. The van der Waals surface area contributed by atoms with E-state index in [4.69, 9.17) is 9.31 Å². The van der Waals surface area contributed by atoms with E-state index in [2.05, 4.69) is 5.32 Å². The Morgan fingerprint density at radius 1 is 1.26 bits per heavy atom. The summed E-state index contributed by atoms with van der Waals surface area (Å²) in [6, 6.07) is 4.63. The number of halogens is 1. The summed E-state index contributed by atoms with van der Waals surface area (Å²) in [5, 5.41) is 2.76. The lowest BCUT2D eigenvalue weighted by atomic mass is 9.78. The van der Waals surface area contributed by atoms with Crippen LogP contribution in [0.3, 0.4) is 0 Å². The lowest BCUT2D eigenvalue weighted by Gasteiger charge is -2.32. The van der Waals surface area contributed by atoms with Crippen LogP contribution in [0.2, 0.25) is 0 Å². The van der Waals surface area contributed by atoms with Crippen LogP contribution in [-0.4, -0.2) is 24.2 Å². The van der Waals surface area contributed by atoms with Crippen molar-refractivity contribution in [1.82, 2.24) is 0 Å². The Morgan fingerprint density at radius 3 is 2.30 bits per heavy atom. The van der Waals surface area contributed by atoms with Gasteiger partial charge < -0.3 is 14.6 Å². The van der Waals surface area contributed by atoms with Gasteiger partial charge in [0.25, 0.3) is 0 Å². The van der Waals surface area contributed by atoms with Crippen molar-refractivity contribution in [2.24, 2.45) is 11.8 Å². The lowest BCUT2D eigenvalue weighted by Crippen LogP contribution is -2.41. The predicted molar refractivity (Wildman–Crippen MR) is 88.0 cm³/mol. The van der Waals surface area contributed by atoms with Crippen molar-refractivity contribution in [3.63, 3.8) is 0 Å². The molecule has 2 unspecified atom stereocenters. The summed E-state index contributed by atoms with van der Waals surface area (Å²) in [5.74, 6) is -0.00450. The molecule has 23 heavy (non-hydrogen) atoms. The zero-order chi connectivity index (χ0) is 17.0. The molecule has 3 rings (SSSR count). The first kappa shape index (κ1) is 16.5. The Labute approximate surface area is 136 Å². The number of hydrogen-bond donors (Lipinski definition) is 1. The molecule has 1 N–H and O–H groups in total. The van der Waals surface area contributed by atoms with Gasteiger partial charge in [0, 0.05) is 17.1 Å². The molecule has 2 fully saturated rings. The molecule has 4 nitrogen and oxygen atoms in total. The van der Waals surface area contributed by atoms with Gasteiger partial charge in [-0.15, -0.1) is 0 Å². The topological polar surface area (TPSA) is 47.6 Å². The van der Waals surface area contributed by atoms with Crippen LogP contribution >= 0.6 is 0 Å². The van der Waals surface area contributed by atoms with Crippen molar-refractivity contribution in [1.29, 1.82) is 0 Å². The highest BCUT2D eigenvalue weighted by atomic mass is 19.1. The molecular formula is C17H23BFNO3. The highest BCUT2D eigenvalue weighted by molar-refractivity contribution is 6.62. The molecule has 1 aromatic rings. The Bertz CT molecular complexity index is 631. The average Bonchev–Trinajstić information content (AvgIpc) is 3.09. The number of carbonyl (C=O) groups excluding carboxylic acids is 1. The number of hydrogen-bond acceptors (Lipinski definition) is 3. The van der Waals surface area contributed by atoms with Gasteiger partial charge >= 0.3 is 7.12 Å². The Morgan fingerprint density at radius 2 is 1.83 bits per heavy atom. The maximum Gasteiger partial charge on any atom is 0.497 e. The van der Waals surface area contributed by atoms with Crippen LogP contribution in [0.4, 0.5) is 10.1 Å². The van der Waals surface area contributed by atoms with E-state index < -0.39 is 24.1 Å². The summed E-state index contributed by atoms with van der Waals surface area (Å²) in [4.78, 5) is 11.9. The predicted octanol–water partition coefficient (Wildman–Crippen LogP) is 2.72. The molecule has 1 aliphatic heterocycles. The first-order valence-corrected chi connectivity index (χ1v) is 8.07. The molecule has 1 heterocycles. The van der Waals surface area contributed by atoms with Gasteiger partial charge in [0.1, 0.15) is 5.82 Å². The van der Waals surface area contributed by atoms with Crippen molar-refractivity contribution in [2.75, 3.05) is 5.32 Å². The molecule has 124 valence electrons. The third kappa shape index (κ3) is 3.02. The molecule has 1 aromatic carbocycles. The van der Waals surface area contributed by atoms with Gasteiger partial charge in [0.05, 0.1) is 11.2 Å². The average molecular weight is 319 g/mol. The van der Waals surface area contributed by atoms with Crippen LogP contribution in [-0.2, 0) is 14.1 Å². The Balaban J connectivity index is 1.74. The zero-order valence-corrected chi connectivity index (χ0v) is 14.3. The second-order valence-corrected chi connectivity index (χ2v) is 7.63. The van der Waals surface area contributed by atoms with Gasteiger partial charge in [-0.2, -0.15) is 0 Å². The number of anilines is 1. The molecule has 2 aliphatic rings. The van der Waals surface area contributed by atoms with E-state index in [0.717, 1.165) is 6.42 Å². The summed E-state index contributed by atoms with van der Waals surface area (Å²) in [6.07, 6.45) is 0.903. The standard InChI is InChI=1S/C17H23BFNO3/c1-10-8-12(10)15(21)20-11-6-7-13(14(19)9-11)18-22-16(2,3)17(4,5)23-18/h6-7,9-10,12H,8H2,1-5H3,(H,20,21). The number of rotatable bonds is 3. The first-order valence-electron chi connectivity index (χ1n) is 8.07. The van der Waals surface area contributed by atoms with E-state index in [-0.39, 0.29) is 11.8 Å². The highest BCUT2D eigenvalue weighted by Crippen LogP contribution is 2.39. The van der Waals surface area contributed by atoms with Gasteiger partial charge in [-0.05, 0) is 52.2 Å². The van der Waals surface area contributed by atoms with E-state index in [1.807, 2.05) is 34.6 Å². The van der Waals surface area contributed by atoms with E-state index in [1.165, 1.54) is 6.07 Å². The fraction of sp³-hybridized carbons (Fsp3) is 0.588. The van der Waals surface area contributed by atoms with Gasteiger partial charge in [0.2, 0.25) is 5.91 Å². The second kappa shape index (κ2) is 5.31. The molecule has 2 atom stereocenters. The monoisotopic (exact) mass is 319 g/mol. The molecule has 0 aromatic heterocycles. The molecule has 1 aliphatic carbocycles. The number of nitrogens with one attached hydrogen (secondary N) is 1. The van der Waals surface area contributed by atoms with Crippen LogP contribution in [0.1, 0.15) is 41.0 Å². The molecular weight excluding hydrogens is 296 g/mol. The van der Waals surface area contributed by atoms with Crippen LogP contribution in [0.5, 0.6) is 0 Å².